The summed E-state index contributed by atoms with van der Waals surface area (Å²) in [6.45, 7) is 6.95. The van der Waals surface area contributed by atoms with Gasteiger partial charge in [0, 0.05) is 25.7 Å². The molecule has 92 valence electrons. The van der Waals surface area contributed by atoms with Gasteiger partial charge in [-0.3, -0.25) is 4.79 Å². The van der Waals surface area contributed by atoms with E-state index in [0.717, 1.165) is 25.3 Å². The van der Waals surface area contributed by atoms with E-state index >= 15 is 0 Å². The monoisotopic (exact) mass is 252 g/mol. The predicted octanol–water partition coefficient (Wildman–Crippen LogP) is 0.526. The van der Waals surface area contributed by atoms with Crippen molar-refractivity contribution in [2.45, 2.75) is 19.9 Å². The Labute approximate surface area is 104 Å². The number of hydrogen-bond acceptors (Lipinski definition) is 5. The van der Waals surface area contributed by atoms with Crippen molar-refractivity contribution < 1.29 is 4.79 Å². The third kappa shape index (κ3) is 1.66. The van der Waals surface area contributed by atoms with Gasteiger partial charge in [0.05, 0.1) is 5.69 Å². The summed E-state index contributed by atoms with van der Waals surface area (Å²) < 4.78 is 3.84. The average Bonchev–Trinajstić information content (AvgIpc) is 2.96. The Morgan fingerprint density at radius 2 is 2.35 bits per heavy atom. The minimum absolute atomic E-state index is 0.111. The van der Waals surface area contributed by atoms with Gasteiger partial charge in [0.1, 0.15) is 4.88 Å². The van der Waals surface area contributed by atoms with E-state index in [2.05, 4.69) is 21.8 Å². The number of nitrogens with zero attached hydrogens (tertiary/aromatic N) is 3. The molecule has 3 unspecified atom stereocenters. The molecule has 1 aromatic heterocycles. The highest BCUT2D eigenvalue weighted by molar-refractivity contribution is 7.07. The van der Waals surface area contributed by atoms with Crippen LogP contribution in [0, 0.1) is 18.8 Å². The molecule has 1 aromatic rings. The molecule has 0 spiro atoms. The average molecular weight is 252 g/mol. The molecule has 0 bridgehead atoms. The number of carbonyl (C=O) groups is 1. The molecule has 1 N–H and O–H groups in total. The van der Waals surface area contributed by atoms with Crippen LogP contribution in [-0.4, -0.2) is 46.1 Å². The summed E-state index contributed by atoms with van der Waals surface area (Å²) >= 11 is 1.21. The van der Waals surface area contributed by atoms with Crippen molar-refractivity contribution in [1.29, 1.82) is 0 Å². The van der Waals surface area contributed by atoms with Crippen LogP contribution in [-0.2, 0) is 0 Å². The number of carbonyl (C=O) groups excluding carboxylic acids is 1. The fraction of sp³-hybridized carbons (Fsp3) is 0.727. The molecule has 2 fully saturated rings. The quantitative estimate of drug-likeness (QED) is 0.792. The SMILES string of the molecule is Cc1nnsc1C(=O)N1CC2CNCC2C1C. The highest BCUT2D eigenvalue weighted by Crippen LogP contribution is 2.33. The molecule has 0 radical (unpaired) electrons. The van der Waals surface area contributed by atoms with Gasteiger partial charge in [0.2, 0.25) is 0 Å². The van der Waals surface area contributed by atoms with Crippen molar-refractivity contribution in [3.05, 3.63) is 10.6 Å². The van der Waals surface area contributed by atoms with Gasteiger partial charge >= 0.3 is 0 Å². The van der Waals surface area contributed by atoms with E-state index in [1.54, 1.807) is 0 Å². The topological polar surface area (TPSA) is 58.1 Å². The van der Waals surface area contributed by atoms with E-state index in [-0.39, 0.29) is 5.91 Å². The molecule has 2 aliphatic rings. The molecule has 0 saturated carbocycles. The van der Waals surface area contributed by atoms with Crippen LogP contribution in [0.5, 0.6) is 0 Å². The molecule has 6 heteroatoms. The minimum atomic E-state index is 0.111. The molecular weight excluding hydrogens is 236 g/mol. The summed E-state index contributed by atoms with van der Waals surface area (Å²) in [5, 5.41) is 7.32. The molecule has 1 amide bonds. The van der Waals surface area contributed by atoms with Crippen molar-refractivity contribution in [2.24, 2.45) is 11.8 Å². The molecule has 5 nitrogen and oxygen atoms in total. The van der Waals surface area contributed by atoms with Crippen molar-refractivity contribution in [3.8, 4) is 0 Å². The lowest BCUT2D eigenvalue weighted by Crippen LogP contribution is -2.38. The number of nitrogens with one attached hydrogen (secondary N) is 1. The van der Waals surface area contributed by atoms with E-state index in [4.69, 9.17) is 0 Å². The highest BCUT2D eigenvalue weighted by atomic mass is 32.1. The van der Waals surface area contributed by atoms with Crippen LogP contribution >= 0.6 is 11.5 Å². The van der Waals surface area contributed by atoms with Gasteiger partial charge in [-0.2, -0.15) is 0 Å². The third-order valence-electron chi connectivity index (χ3n) is 4.04. The maximum atomic E-state index is 12.4. The van der Waals surface area contributed by atoms with Crippen LogP contribution in [0.3, 0.4) is 0 Å². The highest BCUT2D eigenvalue weighted by Gasteiger charge is 2.44. The van der Waals surface area contributed by atoms with E-state index in [9.17, 15) is 4.79 Å². The summed E-state index contributed by atoms with van der Waals surface area (Å²) in [5.74, 6) is 1.34. The molecule has 3 heterocycles. The molecule has 0 aromatic carbocycles. The van der Waals surface area contributed by atoms with Crippen molar-refractivity contribution >= 4 is 17.4 Å². The number of fused-ring (bicyclic) bond motifs is 1. The number of rotatable bonds is 1. The summed E-state index contributed by atoms with van der Waals surface area (Å²) in [6, 6.07) is 0.323. The van der Waals surface area contributed by atoms with Crippen LogP contribution in [0.1, 0.15) is 22.3 Å². The van der Waals surface area contributed by atoms with Crippen LogP contribution in [0.15, 0.2) is 0 Å². The molecule has 0 aliphatic carbocycles. The van der Waals surface area contributed by atoms with E-state index in [0.29, 0.717) is 22.8 Å². The molecule has 2 saturated heterocycles. The maximum Gasteiger partial charge on any atom is 0.267 e. The van der Waals surface area contributed by atoms with Crippen LogP contribution in [0.25, 0.3) is 0 Å². The first-order valence-electron chi connectivity index (χ1n) is 5.99. The zero-order chi connectivity index (χ0) is 12.0. The number of likely N-dealkylation sites (tertiary alicyclic amines) is 1. The second-order valence-electron chi connectivity index (χ2n) is 4.97. The molecule has 3 atom stereocenters. The van der Waals surface area contributed by atoms with Crippen LogP contribution < -0.4 is 5.32 Å². The van der Waals surface area contributed by atoms with Crippen LogP contribution in [0.4, 0.5) is 0 Å². The molecule has 3 rings (SSSR count). The number of amides is 1. The Kier molecular flexibility index (Phi) is 2.63. The van der Waals surface area contributed by atoms with Gasteiger partial charge in [-0.15, -0.1) is 5.10 Å². The first-order chi connectivity index (χ1) is 8.18. The fourth-order valence-electron chi connectivity index (χ4n) is 2.99. The molecule has 2 aliphatic heterocycles. The summed E-state index contributed by atoms with van der Waals surface area (Å²) in [4.78, 5) is 15.1. The number of aromatic nitrogens is 2. The lowest BCUT2D eigenvalue weighted by Gasteiger charge is -2.23. The zero-order valence-electron chi connectivity index (χ0n) is 10.0. The van der Waals surface area contributed by atoms with E-state index < -0.39 is 0 Å². The normalized spacial score (nSPS) is 31.9. The van der Waals surface area contributed by atoms with Crippen molar-refractivity contribution in [1.82, 2.24) is 19.8 Å². The Hall–Kier alpha value is -1.01. The minimum Gasteiger partial charge on any atom is -0.334 e. The fourth-order valence-corrected chi connectivity index (χ4v) is 3.61. The van der Waals surface area contributed by atoms with Gasteiger partial charge < -0.3 is 10.2 Å². The zero-order valence-corrected chi connectivity index (χ0v) is 10.8. The second-order valence-corrected chi connectivity index (χ2v) is 5.72. The van der Waals surface area contributed by atoms with E-state index in [1.165, 1.54) is 11.5 Å². The smallest absolute Gasteiger partial charge is 0.267 e. The van der Waals surface area contributed by atoms with Crippen LogP contribution in [0.2, 0.25) is 0 Å². The van der Waals surface area contributed by atoms with Gasteiger partial charge in [-0.1, -0.05) is 4.49 Å². The Balaban J connectivity index is 1.82. The van der Waals surface area contributed by atoms with Gasteiger partial charge in [0.15, 0.2) is 0 Å². The molecular formula is C11H16N4OS. The third-order valence-corrected chi connectivity index (χ3v) is 4.86. The van der Waals surface area contributed by atoms with Gasteiger partial charge in [-0.25, -0.2) is 0 Å². The Bertz CT molecular complexity index is 446. The summed E-state index contributed by atoms with van der Waals surface area (Å²) in [6.07, 6.45) is 0. The second kappa shape index (κ2) is 4.03. The first kappa shape index (κ1) is 11.1. The number of hydrogen-bond donors (Lipinski definition) is 1. The Morgan fingerprint density at radius 3 is 3.00 bits per heavy atom. The predicted molar refractivity (Wildman–Crippen MR) is 65.0 cm³/mol. The largest absolute Gasteiger partial charge is 0.334 e. The first-order valence-corrected chi connectivity index (χ1v) is 6.76. The maximum absolute atomic E-state index is 12.4. The standard InChI is InChI=1S/C11H16N4OS/c1-6-10(17-14-13-6)11(16)15-5-8-3-12-4-9(8)7(15)2/h7-9,12H,3-5H2,1-2H3. The van der Waals surface area contributed by atoms with E-state index in [1.807, 2.05) is 11.8 Å². The van der Waals surface area contributed by atoms with Gasteiger partial charge in [0.25, 0.3) is 5.91 Å². The summed E-state index contributed by atoms with van der Waals surface area (Å²) in [7, 11) is 0. The lowest BCUT2D eigenvalue weighted by atomic mass is 9.95. The summed E-state index contributed by atoms with van der Waals surface area (Å²) in [5.41, 5.74) is 0.752. The van der Waals surface area contributed by atoms with Gasteiger partial charge in [-0.05, 0) is 37.2 Å². The molecule has 17 heavy (non-hydrogen) atoms. The lowest BCUT2D eigenvalue weighted by molar-refractivity contribution is 0.0732. The number of aryl methyl sites for hydroxylation is 1. The Morgan fingerprint density at radius 1 is 1.53 bits per heavy atom. The van der Waals surface area contributed by atoms with Crippen molar-refractivity contribution in [3.63, 3.8) is 0 Å². The van der Waals surface area contributed by atoms with Crippen molar-refractivity contribution in [2.75, 3.05) is 19.6 Å².